The van der Waals surface area contributed by atoms with Crippen LogP contribution in [0.25, 0.3) is 11.0 Å². The quantitative estimate of drug-likeness (QED) is 0.635. The van der Waals surface area contributed by atoms with E-state index in [4.69, 9.17) is 4.42 Å². The van der Waals surface area contributed by atoms with E-state index < -0.39 is 0 Å². The van der Waals surface area contributed by atoms with Gasteiger partial charge >= 0.3 is 0 Å². The Morgan fingerprint density at radius 3 is 2.94 bits per heavy atom. The van der Waals surface area contributed by atoms with Crippen molar-refractivity contribution in [3.63, 3.8) is 0 Å². The summed E-state index contributed by atoms with van der Waals surface area (Å²) in [5, 5.41) is 4.03. The Labute approximate surface area is 101 Å². The van der Waals surface area contributed by atoms with Crippen LogP contribution in [0.15, 0.2) is 28.7 Å². The number of aryl methyl sites for hydroxylation is 1. The topological polar surface area (TPSA) is 42.2 Å². The lowest BCUT2D eigenvalue weighted by atomic mass is 10.1. The second-order valence-corrected chi connectivity index (χ2v) is 4.23. The normalized spacial score (nSPS) is 10.9. The number of carbonyl (C=O) groups excluding carboxylic acids is 1. The van der Waals surface area contributed by atoms with Crippen molar-refractivity contribution < 1.29 is 9.21 Å². The molecule has 1 N–H and O–H groups in total. The summed E-state index contributed by atoms with van der Waals surface area (Å²) in [5.74, 6) is 0.557. The van der Waals surface area contributed by atoms with Gasteiger partial charge in [-0.05, 0) is 38.6 Å². The average molecular weight is 231 g/mol. The third-order valence-corrected chi connectivity index (χ3v) is 2.85. The fourth-order valence-corrected chi connectivity index (χ4v) is 1.90. The summed E-state index contributed by atoms with van der Waals surface area (Å²) in [4.78, 5) is 11.9. The zero-order chi connectivity index (χ0) is 12.3. The number of hydrogen-bond donors (Lipinski definition) is 1. The molecule has 1 aromatic heterocycles. The molecule has 3 nitrogen and oxygen atoms in total. The summed E-state index contributed by atoms with van der Waals surface area (Å²) in [7, 11) is 1.88. The maximum atomic E-state index is 11.9. The number of benzene rings is 1. The van der Waals surface area contributed by atoms with Gasteiger partial charge in [0.25, 0.3) is 0 Å². The highest BCUT2D eigenvalue weighted by atomic mass is 16.3. The van der Waals surface area contributed by atoms with Gasteiger partial charge in [0.1, 0.15) is 5.58 Å². The number of furan rings is 1. The SMILES string of the molecule is CNCCCC(=O)c1cc2cccc(C)c2o1. The molecule has 0 bridgehead atoms. The molecule has 0 saturated carbocycles. The Balaban J connectivity index is 2.19. The van der Waals surface area contributed by atoms with E-state index in [9.17, 15) is 4.79 Å². The summed E-state index contributed by atoms with van der Waals surface area (Å²) < 4.78 is 5.62. The van der Waals surface area contributed by atoms with E-state index in [-0.39, 0.29) is 5.78 Å². The molecular weight excluding hydrogens is 214 g/mol. The van der Waals surface area contributed by atoms with Crippen LogP contribution in [0.5, 0.6) is 0 Å². The van der Waals surface area contributed by atoms with E-state index in [2.05, 4.69) is 5.32 Å². The number of ketones is 1. The minimum absolute atomic E-state index is 0.0795. The molecule has 0 aliphatic carbocycles. The van der Waals surface area contributed by atoms with E-state index in [1.807, 2.05) is 38.2 Å². The van der Waals surface area contributed by atoms with Gasteiger partial charge in [-0.1, -0.05) is 18.2 Å². The minimum atomic E-state index is 0.0795. The molecule has 0 spiro atoms. The average Bonchev–Trinajstić information content (AvgIpc) is 2.75. The van der Waals surface area contributed by atoms with Crippen molar-refractivity contribution in [3.05, 3.63) is 35.6 Å². The van der Waals surface area contributed by atoms with Crippen molar-refractivity contribution in [3.8, 4) is 0 Å². The van der Waals surface area contributed by atoms with E-state index in [0.29, 0.717) is 12.2 Å². The highest BCUT2D eigenvalue weighted by Crippen LogP contribution is 2.23. The molecule has 1 heterocycles. The second-order valence-electron chi connectivity index (χ2n) is 4.23. The molecular formula is C14H17NO2. The second kappa shape index (κ2) is 5.15. The van der Waals surface area contributed by atoms with Crippen molar-refractivity contribution in [1.82, 2.24) is 5.32 Å². The lowest BCUT2D eigenvalue weighted by Gasteiger charge is -1.97. The third-order valence-electron chi connectivity index (χ3n) is 2.85. The Kier molecular flexibility index (Phi) is 3.59. The van der Waals surface area contributed by atoms with E-state index >= 15 is 0 Å². The number of fused-ring (bicyclic) bond motifs is 1. The molecule has 0 aliphatic heterocycles. The molecule has 0 saturated heterocycles. The molecule has 0 radical (unpaired) electrons. The molecule has 0 aliphatic rings. The van der Waals surface area contributed by atoms with Gasteiger partial charge in [-0.25, -0.2) is 0 Å². The number of nitrogens with one attached hydrogen (secondary N) is 1. The van der Waals surface area contributed by atoms with Crippen LogP contribution >= 0.6 is 0 Å². The molecule has 17 heavy (non-hydrogen) atoms. The fourth-order valence-electron chi connectivity index (χ4n) is 1.90. The largest absolute Gasteiger partial charge is 0.453 e. The first-order valence-electron chi connectivity index (χ1n) is 5.89. The molecule has 0 fully saturated rings. The first-order chi connectivity index (χ1) is 8.22. The standard InChI is InChI=1S/C14H17NO2/c1-10-5-3-6-11-9-13(17-14(10)11)12(16)7-4-8-15-2/h3,5-6,9,15H,4,7-8H2,1-2H3. The van der Waals surface area contributed by atoms with Crippen molar-refractivity contribution in [2.75, 3.05) is 13.6 Å². The van der Waals surface area contributed by atoms with Crippen molar-refractivity contribution >= 4 is 16.8 Å². The van der Waals surface area contributed by atoms with Gasteiger partial charge in [0.2, 0.25) is 0 Å². The maximum Gasteiger partial charge on any atom is 0.198 e. The number of rotatable bonds is 5. The Bertz CT molecular complexity index is 528. The van der Waals surface area contributed by atoms with Gasteiger partial charge in [-0.3, -0.25) is 4.79 Å². The van der Waals surface area contributed by atoms with Crippen molar-refractivity contribution in [1.29, 1.82) is 0 Å². The van der Waals surface area contributed by atoms with Crippen molar-refractivity contribution in [2.24, 2.45) is 0 Å². The molecule has 1 aromatic carbocycles. The summed E-state index contributed by atoms with van der Waals surface area (Å²) in [5.41, 5.74) is 1.89. The van der Waals surface area contributed by atoms with Crippen LogP contribution in [0.2, 0.25) is 0 Å². The van der Waals surface area contributed by atoms with E-state index in [1.54, 1.807) is 0 Å². The van der Waals surface area contributed by atoms with E-state index in [1.165, 1.54) is 0 Å². The Morgan fingerprint density at radius 1 is 1.41 bits per heavy atom. The summed E-state index contributed by atoms with van der Waals surface area (Å²) >= 11 is 0. The number of hydrogen-bond acceptors (Lipinski definition) is 3. The highest BCUT2D eigenvalue weighted by Gasteiger charge is 2.12. The first kappa shape index (κ1) is 11.9. The summed E-state index contributed by atoms with van der Waals surface area (Å²) in [6, 6.07) is 7.77. The summed E-state index contributed by atoms with van der Waals surface area (Å²) in [6.07, 6.45) is 1.37. The smallest absolute Gasteiger partial charge is 0.198 e. The van der Waals surface area contributed by atoms with Crippen LogP contribution in [0.1, 0.15) is 29.0 Å². The minimum Gasteiger partial charge on any atom is -0.453 e. The molecule has 0 unspecified atom stereocenters. The lowest BCUT2D eigenvalue weighted by molar-refractivity contribution is 0.0955. The molecule has 2 aromatic rings. The van der Waals surface area contributed by atoms with Crippen LogP contribution in [0.4, 0.5) is 0 Å². The molecule has 0 amide bonds. The maximum absolute atomic E-state index is 11.9. The van der Waals surface area contributed by atoms with Crippen LogP contribution in [0, 0.1) is 6.92 Å². The number of Topliss-reactive ketones (excluding diaryl/α,β-unsaturated/α-hetero) is 1. The Morgan fingerprint density at radius 2 is 2.24 bits per heavy atom. The van der Waals surface area contributed by atoms with Gasteiger partial charge in [0.15, 0.2) is 11.5 Å². The third kappa shape index (κ3) is 2.56. The molecule has 2 rings (SSSR count). The Hall–Kier alpha value is -1.61. The predicted molar refractivity (Wildman–Crippen MR) is 68.4 cm³/mol. The monoisotopic (exact) mass is 231 g/mol. The van der Waals surface area contributed by atoms with Gasteiger partial charge in [0, 0.05) is 11.8 Å². The van der Waals surface area contributed by atoms with E-state index in [0.717, 1.165) is 29.5 Å². The van der Waals surface area contributed by atoms with Crippen LogP contribution in [-0.2, 0) is 0 Å². The van der Waals surface area contributed by atoms with Crippen LogP contribution < -0.4 is 5.32 Å². The zero-order valence-corrected chi connectivity index (χ0v) is 10.2. The lowest BCUT2D eigenvalue weighted by Crippen LogP contribution is -2.09. The van der Waals surface area contributed by atoms with Crippen LogP contribution in [0.3, 0.4) is 0 Å². The van der Waals surface area contributed by atoms with Gasteiger partial charge in [-0.2, -0.15) is 0 Å². The molecule has 0 atom stereocenters. The molecule has 3 heteroatoms. The van der Waals surface area contributed by atoms with Crippen LogP contribution in [-0.4, -0.2) is 19.4 Å². The summed E-state index contributed by atoms with van der Waals surface area (Å²) in [6.45, 7) is 2.84. The van der Waals surface area contributed by atoms with Crippen molar-refractivity contribution in [2.45, 2.75) is 19.8 Å². The first-order valence-corrected chi connectivity index (χ1v) is 5.89. The van der Waals surface area contributed by atoms with Gasteiger partial charge in [-0.15, -0.1) is 0 Å². The molecule has 90 valence electrons. The fraction of sp³-hybridized carbons (Fsp3) is 0.357. The van der Waals surface area contributed by atoms with Gasteiger partial charge in [0.05, 0.1) is 0 Å². The number of para-hydroxylation sites is 1. The zero-order valence-electron chi connectivity index (χ0n) is 10.2. The number of carbonyl (C=O) groups is 1. The van der Waals surface area contributed by atoms with Gasteiger partial charge < -0.3 is 9.73 Å². The predicted octanol–water partition coefficient (Wildman–Crippen LogP) is 2.92. The highest BCUT2D eigenvalue weighted by molar-refractivity contribution is 5.98.